The van der Waals surface area contributed by atoms with E-state index in [2.05, 4.69) is 10.3 Å². The van der Waals surface area contributed by atoms with Gasteiger partial charge in [0.25, 0.3) is 5.91 Å². The van der Waals surface area contributed by atoms with Crippen molar-refractivity contribution in [2.45, 2.75) is 18.8 Å². The standard InChI is InChI=1S/C17H17ClN2O5S/c1-11(16(21)20-14-7-4-8-19-15(14)18)25-17(22)13-6-3-5-12(9-13)10-26(2,23)24/h3-9,11H,10H2,1-2H3,(H,20,21)/t11-/m1/s1. The van der Waals surface area contributed by atoms with Gasteiger partial charge >= 0.3 is 5.97 Å². The third-order valence-corrected chi connectivity index (χ3v) is 4.42. The predicted molar refractivity (Wildman–Crippen MR) is 97.7 cm³/mol. The molecule has 0 saturated heterocycles. The minimum Gasteiger partial charge on any atom is -0.449 e. The third kappa shape index (κ3) is 5.82. The molecule has 0 aliphatic heterocycles. The molecule has 1 aromatic carbocycles. The molecular formula is C17H17ClN2O5S. The molecular weight excluding hydrogens is 380 g/mol. The number of rotatable bonds is 6. The summed E-state index contributed by atoms with van der Waals surface area (Å²) in [4.78, 5) is 28.2. The van der Waals surface area contributed by atoms with Crippen molar-refractivity contribution in [3.8, 4) is 0 Å². The molecule has 0 unspecified atom stereocenters. The van der Waals surface area contributed by atoms with E-state index in [1.165, 1.54) is 25.3 Å². The van der Waals surface area contributed by atoms with Crippen LogP contribution in [0.1, 0.15) is 22.8 Å². The Morgan fingerprint density at radius 2 is 2.00 bits per heavy atom. The van der Waals surface area contributed by atoms with Gasteiger partial charge in [0.2, 0.25) is 0 Å². The van der Waals surface area contributed by atoms with Crippen LogP contribution < -0.4 is 5.32 Å². The van der Waals surface area contributed by atoms with Crippen LogP contribution >= 0.6 is 11.6 Å². The third-order valence-electron chi connectivity index (χ3n) is 3.26. The number of carbonyl (C=O) groups is 2. The number of nitrogens with one attached hydrogen (secondary N) is 1. The van der Waals surface area contributed by atoms with Crippen LogP contribution in [0.2, 0.25) is 5.15 Å². The van der Waals surface area contributed by atoms with E-state index in [0.29, 0.717) is 11.3 Å². The molecule has 1 amide bonds. The molecule has 0 bridgehead atoms. The first kappa shape index (κ1) is 19.9. The first-order chi connectivity index (χ1) is 12.2. The zero-order valence-electron chi connectivity index (χ0n) is 14.1. The second-order valence-corrected chi connectivity index (χ2v) is 8.15. The Kier molecular flexibility index (Phi) is 6.33. The lowest BCUT2D eigenvalue weighted by molar-refractivity contribution is -0.123. The number of esters is 1. The van der Waals surface area contributed by atoms with E-state index in [4.69, 9.17) is 16.3 Å². The monoisotopic (exact) mass is 396 g/mol. The van der Waals surface area contributed by atoms with Gasteiger partial charge in [-0.25, -0.2) is 18.2 Å². The average molecular weight is 397 g/mol. The number of nitrogens with zero attached hydrogens (tertiary/aromatic N) is 1. The van der Waals surface area contributed by atoms with Crippen molar-refractivity contribution < 1.29 is 22.7 Å². The van der Waals surface area contributed by atoms with Crippen LogP contribution in [-0.4, -0.2) is 37.6 Å². The van der Waals surface area contributed by atoms with Crippen molar-refractivity contribution in [1.82, 2.24) is 4.98 Å². The highest BCUT2D eigenvalue weighted by atomic mass is 35.5. The van der Waals surface area contributed by atoms with Crippen LogP contribution in [-0.2, 0) is 25.1 Å². The maximum atomic E-state index is 12.2. The fraction of sp³-hybridized carbons (Fsp3) is 0.235. The molecule has 2 rings (SSSR count). The van der Waals surface area contributed by atoms with Gasteiger partial charge in [-0.15, -0.1) is 0 Å². The molecule has 0 aliphatic rings. The number of aromatic nitrogens is 1. The van der Waals surface area contributed by atoms with Crippen LogP contribution in [0.5, 0.6) is 0 Å². The zero-order chi connectivity index (χ0) is 19.3. The Morgan fingerprint density at radius 1 is 1.27 bits per heavy atom. The Labute approximate surface area is 156 Å². The second kappa shape index (κ2) is 8.29. The molecule has 0 aliphatic carbocycles. The number of amides is 1. The number of sulfone groups is 1. The molecule has 0 radical (unpaired) electrons. The number of hydrogen-bond acceptors (Lipinski definition) is 6. The SMILES string of the molecule is C[C@@H](OC(=O)c1cccc(CS(C)(=O)=O)c1)C(=O)Nc1cccnc1Cl. The molecule has 2 aromatic rings. The summed E-state index contributed by atoms with van der Waals surface area (Å²) < 4.78 is 27.9. The second-order valence-electron chi connectivity index (χ2n) is 5.65. The average Bonchev–Trinajstić information content (AvgIpc) is 2.55. The molecule has 138 valence electrons. The van der Waals surface area contributed by atoms with Crippen molar-refractivity contribution in [1.29, 1.82) is 0 Å². The lowest BCUT2D eigenvalue weighted by Crippen LogP contribution is -2.30. The molecule has 1 atom stereocenters. The van der Waals surface area contributed by atoms with Crippen molar-refractivity contribution in [3.05, 3.63) is 58.9 Å². The van der Waals surface area contributed by atoms with E-state index in [1.54, 1.807) is 24.3 Å². The van der Waals surface area contributed by atoms with Gasteiger partial charge in [-0.3, -0.25) is 4.79 Å². The van der Waals surface area contributed by atoms with Crippen LogP contribution in [0.25, 0.3) is 0 Å². The smallest absolute Gasteiger partial charge is 0.338 e. The minimum absolute atomic E-state index is 0.118. The molecule has 7 nitrogen and oxygen atoms in total. The van der Waals surface area contributed by atoms with Gasteiger partial charge in [0, 0.05) is 12.5 Å². The van der Waals surface area contributed by atoms with Gasteiger partial charge in [-0.1, -0.05) is 23.7 Å². The van der Waals surface area contributed by atoms with Crippen molar-refractivity contribution in [2.24, 2.45) is 0 Å². The largest absolute Gasteiger partial charge is 0.449 e. The molecule has 0 spiro atoms. The topological polar surface area (TPSA) is 102 Å². The molecule has 1 aromatic heterocycles. The number of carbonyl (C=O) groups excluding carboxylic acids is 2. The molecule has 9 heteroatoms. The molecule has 0 saturated carbocycles. The summed E-state index contributed by atoms with van der Waals surface area (Å²) in [6.07, 6.45) is 1.50. The number of benzene rings is 1. The van der Waals surface area contributed by atoms with Gasteiger partial charge in [0.15, 0.2) is 21.1 Å². The Hall–Kier alpha value is -2.45. The first-order valence-electron chi connectivity index (χ1n) is 7.55. The summed E-state index contributed by atoms with van der Waals surface area (Å²) in [6, 6.07) is 9.22. The number of halogens is 1. The van der Waals surface area contributed by atoms with Crippen molar-refractivity contribution in [2.75, 3.05) is 11.6 Å². The minimum atomic E-state index is -3.23. The first-order valence-corrected chi connectivity index (χ1v) is 9.98. The summed E-state index contributed by atoms with van der Waals surface area (Å²) >= 11 is 5.86. The molecule has 1 heterocycles. The summed E-state index contributed by atoms with van der Waals surface area (Å²) in [5.41, 5.74) is 0.920. The molecule has 1 N–H and O–H groups in total. The summed E-state index contributed by atoms with van der Waals surface area (Å²) in [5.74, 6) is -1.50. The Bertz CT molecular complexity index is 930. The van der Waals surface area contributed by atoms with E-state index in [0.717, 1.165) is 6.26 Å². The Morgan fingerprint density at radius 3 is 2.65 bits per heavy atom. The number of hydrogen-bond donors (Lipinski definition) is 1. The van der Waals surface area contributed by atoms with E-state index < -0.39 is 27.8 Å². The van der Waals surface area contributed by atoms with Crippen molar-refractivity contribution >= 4 is 39.0 Å². The maximum Gasteiger partial charge on any atom is 0.338 e. The predicted octanol–water partition coefficient (Wildman–Crippen LogP) is 2.46. The maximum absolute atomic E-state index is 12.2. The normalized spacial score (nSPS) is 12.3. The van der Waals surface area contributed by atoms with Gasteiger partial charge in [0.05, 0.1) is 17.0 Å². The quantitative estimate of drug-likeness (QED) is 0.594. The van der Waals surface area contributed by atoms with Crippen LogP contribution in [0.3, 0.4) is 0 Å². The number of ether oxygens (including phenoxy) is 1. The van der Waals surface area contributed by atoms with Gasteiger partial charge in [-0.2, -0.15) is 0 Å². The van der Waals surface area contributed by atoms with E-state index in [-0.39, 0.29) is 16.5 Å². The van der Waals surface area contributed by atoms with Crippen LogP contribution in [0.15, 0.2) is 42.6 Å². The lowest BCUT2D eigenvalue weighted by Gasteiger charge is -2.14. The van der Waals surface area contributed by atoms with Gasteiger partial charge in [-0.05, 0) is 36.8 Å². The van der Waals surface area contributed by atoms with Crippen molar-refractivity contribution in [3.63, 3.8) is 0 Å². The van der Waals surface area contributed by atoms with E-state index >= 15 is 0 Å². The zero-order valence-corrected chi connectivity index (χ0v) is 15.7. The number of anilines is 1. The summed E-state index contributed by atoms with van der Waals surface area (Å²) in [5, 5.41) is 2.64. The van der Waals surface area contributed by atoms with Gasteiger partial charge < -0.3 is 10.1 Å². The highest BCUT2D eigenvalue weighted by molar-refractivity contribution is 7.89. The van der Waals surface area contributed by atoms with Crippen LogP contribution in [0.4, 0.5) is 5.69 Å². The molecule has 26 heavy (non-hydrogen) atoms. The van der Waals surface area contributed by atoms with E-state index in [1.807, 2.05) is 0 Å². The summed E-state index contributed by atoms with van der Waals surface area (Å²) in [6.45, 7) is 1.41. The fourth-order valence-corrected chi connectivity index (χ4v) is 3.04. The highest BCUT2D eigenvalue weighted by Gasteiger charge is 2.20. The fourth-order valence-electron chi connectivity index (χ4n) is 2.09. The summed E-state index contributed by atoms with van der Waals surface area (Å²) in [7, 11) is -3.23. The lowest BCUT2D eigenvalue weighted by atomic mass is 10.1. The van der Waals surface area contributed by atoms with Crippen LogP contribution in [0, 0.1) is 0 Å². The van der Waals surface area contributed by atoms with E-state index in [9.17, 15) is 18.0 Å². The molecule has 0 fully saturated rings. The number of pyridine rings is 1. The highest BCUT2D eigenvalue weighted by Crippen LogP contribution is 2.18. The Balaban J connectivity index is 2.03. The van der Waals surface area contributed by atoms with Gasteiger partial charge in [0.1, 0.15) is 0 Å².